The maximum atomic E-state index is 13.2. The minimum absolute atomic E-state index is 0.173. The summed E-state index contributed by atoms with van der Waals surface area (Å²) in [5, 5.41) is 4.07. The first-order valence-corrected chi connectivity index (χ1v) is 9.67. The van der Waals surface area contributed by atoms with Gasteiger partial charge in [0, 0.05) is 10.4 Å². The van der Waals surface area contributed by atoms with Crippen LogP contribution in [0.1, 0.15) is 26.8 Å². The summed E-state index contributed by atoms with van der Waals surface area (Å²) in [6, 6.07) is 18.6. The molecule has 2 aromatic carbocycles. The lowest BCUT2D eigenvalue weighted by molar-refractivity contribution is 0.0675. The molecule has 0 spiro atoms. The lowest BCUT2D eigenvalue weighted by Gasteiger charge is -2.25. The molecule has 0 fully saturated rings. The monoisotopic (exact) mass is 396 g/mol. The van der Waals surface area contributed by atoms with Crippen molar-refractivity contribution in [3.63, 3.8) is 0 Å². The molecule has 0 saturated carbocycles. The van der Waals surface area contributed by atoms with Crippen molar-refractivity contribution >= 4 is 34.5 Å². The highest BCUT2D eigenvalue weighted by atomic mass is 35.5. The van der Waals surface area contributed by atoms with Crippen LogP contribution >= 0.6 is 22.9 Å². The van der Waals surface area contributed by atoms with Gasteiger partial charge < -0.3 is 4.74 Å². The van der Waals surface area contributed by atoms with Crippen LogP contribution in [0.3, 0.4) is 0 Å². The number of hydrogen-bond acceptors (Lipinski definition) is 4. The minimum atomic E-state index is -0.213. The van der Waals surface area contributed by atoms with E-state index >= 15 is 0 Å². The number of hydrogen-bond donors (Lipinski definition) is 1. The van der Waals surface area contributed by atoms with Gasteiger partial charge in [-0.2, -0.15) is 0 Å². The number of nitrogens with zero attached hydrogens (tertiary/aromatic N) is 1. The molecule has 1 aromatic heterocycles. The van der Waals surface area contributed by atoms with Crippen molar-refractivity contribution in [1.82, 2.24) is 10.4 Å². The molecule has 4 rings (SSSR count). The van der Waals surface area contributed by atoms with Crippen LogP contribution in [0.5, 0.6) is 5.75 Å². The van der Waals surface area contributed by atoms with Gasteiger partial charge in [-0.05, 0) is 41.8 Å². The zero-order valence-electron chi connectivity index (χ0n) is 14.6. The van der Waals surface area contributed by atoms with E-state index in [-0.39, 0.29) is 11.9 Å². The fourth-order valence-corrected chi connectivity index (χ4v) is 4.03. The molecule has 27 heavy (non-hydrogen) atoms. The highest BCUT2D eigenvalue weighted by Gasteiger charge is 2.32. The van der Waals surface area contributed by atoms with Crippen molar-refractivity contribution < 1.29 is 9.53 Å². The van der Waals surface area contributed by atoms with E-state index in [1.165, 1.54) is 0 Å². The van der Waals surface area contributed by atoms with Gasteiger partial charge in [0.15, 0.2) is 0 Å². The van der Waals surface area contributed by atoms with Gasteiger partial charge in [0.2, 0.25) is 0 Å². The number of carbonyl (C=O) groups excluding carboxylic acids is 1. The Bertz CT molecular complexity index is 1000. The van der Waals surface area contributed by atoms with Gasteiger partial charge in [-0.3, -0.25) is 10.2 Å². The van der Waals surface area contributed by atoms with E-state index in [0.29, 0.717) is 10.6 Å². The second-order valence-electron chi connectivity index (χ2n) is 6.04. The third-order valence-electron chi connectivity index (χ3n) is 4.38. The van der Waals surface area contributed by atoms with Gasteiger partial charge in [-0.15, -0.1) is 11.3 Å². The molecule has 3 aromatic rings. The zero-order chi connectivity index (χ0) is 18.8. The van der Waals surface area contributed by atoms with Crippen molar-refractivity contribution in [3.05, 3.63) is 93.1 Å². The first-order chi connectivity index (χ1) is 13.2. The smallest absolute Gasteiger partial charge is 0.274 e. The van der Waals surface area contributed by atoms with Crippen molar-refractivity contribution in [2.24, 2.45) is 0 Å². The molecule has 1 aliphatic rings. The Hall–Kier alpha value is -2.76. The lowest BCUT2D eigenvalue weighted by atomic mass is 10.1. The van der Waals surface area contributed by atoms with Crippen LogP contribution in [0.2, 0.25) is 5.02 Å². The Morgan fingerprint density at radius 2 is 2.00 bits per heavy atom. The summed E-state index contributed by atoms with van der Waals surface area (Å²) in [5.41, 5.74) is 5.53. The SMILES string of the molecule is COc1cccc(C2=C[C@@H](c3cccs3)N(C(=O)c3ccccc3Cl)N2)c1. The number of carbonyl (C=O) groups is 1. The molecule has 4 nitrogen and oxygen atoms in total. The number of benzene rings is 2. The quantitative estimate of drug-likeness (QED) is 0.662. The number of amides is 1. The van der Waals surface area contributed by atoms with E-state index in [2.05, 4.69) is 11.5 Å². The van der Waals surface area contributed by atoms with E-state index in [0.717, 1.165) is 21.9 Å². The van der Waals surface area contributed by atoms with Crippen LogP contribution in [-0.2, 0) is 0 Å². The van der Waals surface area contributed by atoms with Crippen LogP contribution in [0.15, 0.2) is 72.1 Å². The number of methoxy groups -OCH3 is 1. The highest BCUT2D eigenvalue weighted by molar-refractivity contribution is 7.10. The van der Waals surface area contributed by atoms with Crippen molar-refractivity contribution in [1.29, 1.82) is 0 Å². The Kier molecular flexibility index (Phi) is 4.88. The van der Waals surface area contributed by atoms with Crippen molar-refractivity contribution in [2.45, 2.75) is 6.04 Å². The molecular weight excluding hydrogens is 380 g/mol. The standard InChI is InChI=1S/C21H17ClN2O2S/c1-26-15-7-4-6-14(12-15)18-13-19(20-10-5-11-27-20)24(23-18)21(25)16-8-2-3-9-17(16)22/h2-13,19,23H,1H3/t19-/m0/s1. The average molecular weight is 397 g/mol. The zero-order valence-corrected chi connectivity index (χ0v) is 16.1. The van der Waals surface area contributed by atoms with Crippen LogP contribution in [0.4, 0.5) is 0 Å². The predicted octanol–water partition coefficient (Wildman–Crippen LogP) is 5.15. The van der Waals surface area contributed by atoms with E-state index in [4.69, 9.17) is 16.3 Å². The van der Waals surface area contributed by atoms with Crippen LogP contribution in [0.25, 0.3) is 5.70 Å². The maximum absolute atomic E-state index is 13.2. The van der Waals surface area contributed by atoms with E-state index in [1.807, 2.05) is 53.9 Å². The largest absolute Gasteiger partial charge is 0.497 e. The van der Waals surface area contributed by atoms with Gasteiger partial charge in [0.05, 0.1) is 23.4 Å². The first-order valence-electron chi connectivity index (χ1n) is 8.42. The Balaban J connectivity index is 1.72. The lowest BCUT2D eigenvalue weighted by Crippen LogP contribution is -2.39. The summed E-state index contributed by atoms with van der Waals surface area (Å²) in [6.45, 7) is 0. The molecule has 0 bridgehead atoms. The van der Waals surface area contributed by atoms with Crippen molar-refractivity contribution in [2.75, 3.05) is 7.11 Å². The van der Waals surface area contributed by atoms with Gasteiger partial charge in [-0.25, -0.2) is 5.01 Å². The highest BCUT2D eigenvalue weighted by Crippen LogP contribution is 2.35. The summed E-state index contributed by atoms with van der Waals surface area (Å²) in [7, 11) is 1.64. The number of hydrazine groups is 1. The number of nitrogens with one attached hydrogen (secondary N) is 1. The van der Waals surface area contributed by atoms with Crippen LogP contribution < -0.4 is 10.2 Å². The molecule has 1 atom stereocenters. The summed E-state index contributed by atoms with van der Waals surface area (Å²) in [4.78, 5) is 14.3. The van der Waals surface area contributed by atoms with Gasteiger partial charge in [0.1, 0.15) is 11.8 Å². The summed E-state index contributed by atoms with van der Waals surface area (Å²) >= 11 is 7.87. The molecule has 0 unspecified atom stereocenters. The molecule has 6 heteroatoms. The summed E-state index contributed by atoms with van der Waals surface area (Å²) < 4.78 is 5.32. The Morgan fingerprint density at radius 3 is 2.74 bits per heavy atom. The third kappa shape index (κ3) is 3.44. The summed E-state index contributed by atoms with van der Waals surface area (Å²) in [5.74, 6) is 0.590. The van der Waals surface area contributed by atoms with Gasteiger partial charge in [-0.1, -0.05) is 41.9 Å². The fraction of sp³-hybridized carbons (Fsp3) is 0.0952. The average Bonchev–Trinajstić information content (AvgIpc) is 3.37. The number of halogens is 1. The molecule has 0 aliphatic carbocycles. The second-order valence-corrected chi connectivity index (χ2v) is 7.43. The van der Waals surface area contributed by atoms with Crippen LogP contribution in [-0.4, -0.2) is 18.0 Å². The normalized spacial score (nSPS) is 16.0. The first kappa shape index (κ1) is 17.6. The third-order valence-corrected chi connectivity index (χ3v) is 5.65. The van der Waals surface area contributed by atoms with Crippen LogP contribution in [0, 0.1) is 0 Å². The predicted molar refractivity (Wildman–Crippen MR) is 109 cm³/mol. The molecule has 0 radical (unpaired) electrons. The van der Waals surface area contributed by atoms with E-state index < -0.39 is 0 Å². The summed E-state index contributed by atoms with van der Waals surface area (Å²) in [6.07, 6.45) is 2.05. The molecule has 2 heterocycles. The van der Waals surface area contributed by atoms with Crippen molar-refractivity contribution in [3.8, 4) is 5.75 Å². The van der Waals surface area contributed by atoms with E-state index in [9.17, 15) is 4.79 Å². The molecule has 1 aliphatic heterocycles. The fourth-order valence-electron chi connectivity index (χ4n) is 3.03. The molecule has 0 saturated heterocycles. The number of ether oxygens (including phenoxy) is 1. The van der Waals surface area contributed by atoms with Gasteiger partial charge >= 0.3 is 0 Å². The number of rotatable bonds is 4. The molecule has 136 valence electrons. The second kappa shape index (κ2) is 7.47. The molecular formula is C21H17ClN2O2S. The molecule has 1 N–H and O–H groups in total. The minimum Gasteiger partial charge on any atom is -0.497 e. The molecule has 1 amide bonds. The maximum Gasteiger partial charge on any atom is 0.274 e. The number of thiophene rings is 1. The van der Waals surface area contributed by atoms with Gasteiger partial charge in [0.25, 0.3) is 5.91 Å². The topological polar surface area (TPSA) is 41.6 Å². The van der Waals surface area contributed by atoms with E-state index in [1.54, 1.807) is 35.6 Å². The Morgan fingerprint density at radius 1 is 1.15 bits per heavy atom. The Labute approximate surface area is 166 Å².